The highest BCUT2D eigenvalue weighted by atomic mass is 16.3. The molecule has 2 heteroatoms. The van der Waals surface area contributed by atoms with Gasteiger partial charge in [0.2, 0.25) is 0 Å². The van der Waals surface area contributed by atoms with Crippen LogP contribution in [0.15, 0.2) is 46.6 Å². The molecule has 0 spiro atoms. The standard InChI is InChI=1S/C20H34O2/c1-17(2)8-5-9-18(3)10-6-12-20(16-22)13-7-11-19(4)14-15-21/h8,10,13-14,21-22H,5-7,9,11-12,15-16H2,1-4H3/b18-10-,19-14+,20-13+. The zero-order valence-corrected chi connectivity index (χ0v) is 14.9. The van der Waals surface area contributed by atoms with Gasteiger partial charge in [0.1, 0.15) is 0 Å². The Hall–Kier alpha value is -1.12. The van der Waals surface area contributed by atoms with Crippen molar-refractivity contribution in [1.82, 2.24) is 0 Å². The summed E-state index contributed by atoms with van der Waals surface area (Å²) in [6.45, 7) is 8.74. The number of aliphatic hydroxyl groups excluding tert-OH is 2. The van der Waals surface area contributed by atoms with Crippen LogP contribution in [0, 0.1) is 0 Å². The minimum atomic E-state index is 0.110. The van der Waals surface area contributed by atoms with Crippen LogP contribution in [0.2, 0.25) is 0 Å². The normalized spacial score (nSPS) is 13.5. The van der Waals surface area contributed by atoms with Crippen molar-refractivity contribution in [1.29, 1.82) is 0 Å². The second kappa shape index (κ2) is 13.5. The fraction of sp³-hybridized carbons (Fsp3) is 0.600. The summed E-state index contributed by atoms with van der Waals surface area (Å²) >= 11 is 0. The first-order valence-corrected chi connectivity index (χ1v) is 8.33. The average Bonchev–Trinajstić information content (AvgIpc) is 2.45. The molecule has 0 radical (unpaired) electrons. The molecule has 0 aromatic rings. The number of aliphatic hydroxyl groups is 2. The monoisotopic (exact) mass is 306 g/mol. The van der Waals surface area contributed by atoms with Gasteiger partial charge >= 0.3 is 0 Å². The lowest BCUT2D eigenvalue weighted by Gasteiger charge is -2.04. The second-order valence-corrected chi connectivity index (χ2v) is 6.20. The fourth-order valence-corrected chi connectivity index (χ4v) is 2.20. The molecule has 0 aliphatic heterocycles. The fourth-order valence-electron chi connectivity index (χ4n) is 2.20. The Morgan fingerprint density at radius 3 is 1.77 bits per heavy atom. The summed E-state index contributed by atoms with van der Waals surface area (Å²) in [6, 6.07) is 0. The molecule has 22 heavy (non-hydrogen) atoms. The third kappa shape index (κ3) is 12.6. The van der Waals surface area contributed by atoms with E-state index in [1.807, 2.05) is 13.0 Å². The zero-order valence-electron chi connectivity index (χ0n) is 14.9. The van der Waals surface area contributed by atoms with Gasteiger partial charge in [0, 0.05) is 0 Å². The maximum Gasteiger partial charge on any atom is 0.0641 e. The van der Waals surface area contributed by atoms with E-state index < -0.39 is 0 Å². The maximum absolute atomic E-state index is 9.41. The largest absolute Gasteiger partial charge is 0.392 e. The van der Waals surface area contributed by atoms with Crippen LogP contribution in [0.4, 0.5) is 0 Å². The van der Waals surface area contributed by atoms with Crippen LogP contribution < -0.4 is 0 Å². The van der Waals surface area contributed by atoms with Crippen LogP contribution in [0.1, 0.15) is 66.2 Å². The third-order valence-electron chi connectivity index (χ3n) is 3.66. The first-order valence-electron chi connectivity index (χ1n) is 8.33. The van der Waals surface area contributed by atoms with Crippen molar-refractivity contribution in [3.05, 3.63) is 46.6 Å². The Morgan fingerprint density at radius 1 is 0.682 bits per heavy atom. The molecule has 0 saturated heterocycles. The summed E-state index contributed by atoms with van der Waals surface area (Å²) < 4.78 is 0. The lowest BCUT2D eigenvalue weighted by atomic mass is 10.0. The molecule has 0 aromatic heterocycles. The quantitative estimate of drug-likeness (QED) is 0.522. The van der Waals surface area contributed by atoms with Crippen molar-refractivity contribution in [2.24, 2.45) is 0 Å². The van der Waals surface area contributed by atoms with E-state index in [1.54, 1.807) is 0 Å². The van der Waals surface area contributed by atoms with Crippen LogP contribution in [0.3, 0.4) is 0 Å². The predicted octanol–water partition coefficient (Wildman–Crippen LogP) is 5.10. The molecule has 0 aromatic carbocycles. The molecule has 0 saturated carbocycles. The van der Waals surface area contributed by atoms with Gasteiger partial charge in [-0.3, -0.25) is 0 Å². The van der Waals surface area contributed by atoms with Crippen molar-refractivity contribution >= 4 is 0 Å². The topological polar surface area (TPSA) is 40.5 Å². The molecule has 0 atom stereocenters. The van der Waals surface area contributed by atoms with Crippen LogP contribution in [0.25, 0.3) is 0 Å². The van der Waals surface area contributed by atoms with E-state index in [4.69, 9.17) is 5.11 Å². The van der Waals surface area contributed by atoms with E-state index in [0.29, 0.717) is 0 Å². The van der Waals surface area contributed by atoms with Gasteiger partial charge < -0.3 is 10.2 Å². The minimum Gasteiger partial charge on any atom is -0.392 e. The smallest absolute Gasteiger partial charge is 0.0641 e. The molecule has 0 heterocycles. The van der Waals surface area contributed by atoms with Gasteiger partial charge in [0.15, 0.2) is 0 Å². The molecule has 0 bridgehead atoms. The van der Waals surface area contributed by atoms with E-state index in [9.17, 15) is 5.11 Å². The van der Waals surface area contributed by atoms with Crippen molar-refractivity contribution in [2.75, 3.05) is 13.2 Å². The summed E-state index contributed by atoms with van der Waals surface area (Å²) in [5.41, 5.74) is 5.12. The molecule has 0 rings (SSSR count). The van der Waals surface area contributed by atoms with Gasteiger partial charge in [0.05, 0.1) is 13.2 Å². The summed E-state index contributed by atoms with van der Waals surface area (Å²) in [5.74, 6) is 0. The molecular formula is C20H34O2. The molecule has 0 aliphatic carbocycles. The van der Waals surface area contributed by atoms with Crippen LogP contribution in [0.5, 0.6) is 0 Å². The first kappa shape index (κ1) is 20.9. The van der Waals surface area contributed by atoms with E-state index in [1.165, 1.54) is 16.7 Å². The van der Waals surface area contributed by atoms with Crippen molar-refractivity contribution in [3.8, 4) is 0 Å². The Morgan fingerprint density at radius 2 is 1.23 bits per heavy atom. The number of hydrogen-bond donors (Lipinski definition) is 2. The molecule has 126 valence electrons. The van der Waals surface area contributed by atoms with Gasteiger partial charge in [-0.05, 0) is 71.8 Å². The van der Waals surface area contributed by atoms with E-state index in [2.05, 4.69) is 39.0 Å². The lowest BCUT2D eigenvalue weighted by molar-refractivity contribution is 0.326. The number of rotatable bonds is 11. The molecule has 2 N–H and O–H groups in total. The molecule has 0 aliphatic rings. The van der Waals surface area contributed by atoms with E-state index >= 15 is 0 Å². The summed E-state index contributed by atoms with van der Waals surface area (Å²) in [4.78, 5) is 0. The van der Waals surface area contributed by atoms with Gasteiger partial charge in [0.25, 0.3) is 0 Å². The highest BCUT2D eigenvalue weighted by molar-refractivity contribution is 5.08. The Bertz CT molecular complexity index is 407. The van der Waals surface area contributed by atoms with Gasteiger partial charge in [-0.25, -0.2) is 0 Å². The minimum absolute atomic E-state index is 0.110. The zero-order chi connectivity index (χ0) is 16.8. The van der Waals surface area contributed by atoms with Gasteiger partial charge in [-0.2, -0.15) is 0 Å². The van der Waals surface area contributed by atoms with Crippen LogP contribution >= 0.6 is 0 Å². The average molecular weight is 306 g/mol. The lowest BCUT2D eigenvalue weighted by Crippen LogP contribution is -1.91. The predicted molar refractivity (Wildman–Crippen MR) is 96.9 cm³/mol. The van der Waals surface area contributed by atoms with Crippen molar-refractivity contribution in [2.45, 2.75) is 66.2 Å². The maximum atomic E-state index is 9.41. The number of hydrogen-bond acceptors (Lipinski definition) is 2. The van der Waals surface area contributed by atoms with E-state index in [0.717, 1.165) is 44.1 Å². The Kier molecular flexibility index (Phi) is 12.8. The van der Waals surface area contributed by atoms with E-state index in [-0.39, 0.29) is 13.2 Å². The first-order chi connectivity index (χ1) is 10.5. The van der Waals surface area contributed by atoms with Gasteiger partial charge in [-0.15, -0.1) is 0 Å². The molecule has 0 fully saturated rings. The third-order valence-corrected chi connectivity index (χ3v) is 3.66. The Balaban J connectivity index is 4.12. The number of allylic oxidation sites excluding steroid dienone is 6. The van der Waals surface area contributed by atoms with Crippen molar-refractivity contribution < 1.29 is 10.2 Å². The van der Waals surface area contributed by atoms with Gasteiger partial charge in [-0.1, -0.05) is 41.0 Å². The summed E-state index contributed by atoms with van der Waals surface area (Å²) in [6.07, 6.45) is 14.6. The molecule has 0 amide bonds. The molecule has 0 unspecified atom stereocenters. The van der Waals surface area contributed by atoms with Crippen LogP contribution in [-0.4, -0.2) is 23.4 Å². The van der Waals surface area contributed by atoms with Crippen molar-refractivity contribution in [3.63, 3.8) is 0 Å². The summed E-state index contributed by atoms with van der Waals surface area (Å²) in [7, 11) is 0. The molecule has 2 nitrogen and oxygen atoms in total. The highest BCUT2D eigenvalue weighted by Gasteiger charge is 1.96. The SMILES string of the molecule is CC(C)=CCC/C(C)=C\CC/C(=C\CC/C(C)=C/CO)CO. The highest BCUT2D eigenvalue weighted by Crippen LogP contribution is 2.13. The second-order valence-electron chi connectivity index (χ2n) is 6.20. The summed E-state index contributed by atoms with van der Waals surface area (Å²) in [5, 5.41) is 18.2. The van der Waals surface area contributed by atoms with Crippen LogP contribution in [-0.2, 0) is 0 Å². The molecular weight excluding hydrogens is 272 g/mol. The Labute approximate surface area is 137 Å².